The fraction of sp³-hybridized carbons (Fsp3) is 0.769. The summed E-state index contributed by atoms with van der Waals surface area (Å²) in [5.41, 5.74) is 0. The molecule has 1 aliphatic heterocycles. The summed E-state index contributed by atoms with van der Waals surface area (Å²) in [5, 5.41) is 4.65. The summed E-state index contributed by atoms with van der Waals surface area (Å²) in [7, 11) is 2.06. The first kappa shape index (κ1) is 13.0. The number of likely N-dealkylation sites (N-methyl/N-ethyl adjacent to an activating group) is 1. The first-order chi connectivity index (χ1) is 8.19. The first-order valence-electron chi connectivity index (χ1n) is 6.53. The highest BCUT2D eigenvalue weighted by molar-refractivity contribution is 7.11. The van der Waals surface area contributed by atoms with Crippen LogP contribution < -0.4 is 5.32 Å². The number of rotatable bonds is 4. The predicted octanol–water partition coefficient (Wildman–Crippen LogP) is 2.45. The van der Waals surface area contributed by atoms with Crippen molar-refractivity contribution in [3.63, 3.8) is 0 Å². The van der Waals surface area contributed by atoms with E-state index in [2.05, 4.69) is 36.1 Å². The van der Waals surface area contributed by atoms with E-state index in [1.807, 2.05) is 17.5 Å². The van der Waals surface area contributed by atoms with Crippen molar-refractivity contribution in [2.24, 2.45) is 0 Å². The van der Waals surface area contributed by atoms with Crippen LogP contribution in [-0.4, -0.2) is 36.1 Å². The molecule has 96 valence electrons. The molecule has 3 nitrogen and oxygen atoms in total. The first-order valence-corrected chi connectivity index (χ1v) is 7.35. The SMILES string of the molecule is CNC1CCCN(Cc2ncc(C(C)C)s2)C1. The van der Waals surface area contributed by atoms with Gasteiger partial charge in [0, 0.05) is 23.7 Å². The van der Waals surface area contributed by atoms with Gasteiger partial charge in [-0.05, 0) is 32.4 Å². The van der Waals surface area contributed by atoms with Gasteiger partial charge in [0.1, 0.15) is 5.01 Å². The number of thiazole rings is 1. The Kier molecular flexibility index (Phi) is 4.54. The summed E-state index contributed by atoms with van der Waals surface area (Å²) in [5.74, 6) is 0.604. The number of hydrogen-bond acceptors (Lipinski definition) is 4. The average Bonchev–Trinajstić information content (AvgIpc) is 2.78. The van der Waals surface area contributed by atoms with Crippen molar-refractivity contribution in [3.8, 4) is 0 Å². The quantitative estimate of drug-likeness (QED) is 0.893. The van der Waals surface area contributed by atoms with E-state index in [1.165, 1.54) is 29.3 Å². The van der Waals surface area contributed by atoms with Gasteiger partial charge in [0.25, 0.3) is 0 Å². The summed E-state index contributed by atoms with van der Waals surface area (Å²) in [6.45, 7) is 7.86. The maximum absolute atomic E-state index is 4.54. The lowest BCUT2D eigenvalue weighted by Crippen LogP contribution is -2.43. The van der Waals surface area contributed by atoms with Crippen molar-refractivity contribution in [1.82, 2.24) is 15.2 Å². The molecule has 1 aliphatic rings. The van der Waals surface area contributed by atoms with Crippen LogP contribution in [0.25, 0.3) is 0 Å². The Hall–Kier alpha value is -0.450. The molecule has 1 unspecified atom stereocenters. The van der Waals surface area contributed by atoms with Crippen molar-refractivity contribution in [2.45, 2.75) is 45.2 Å². The van der Waals surface area contributed by atoms with E-state index < -0.39 is 0 Å². The third-order valence-corrected chi connectivity index (χ3v) is 4.70. The van der Waals surface area contributed by atoms with Crippen LogP contribution in [0.3, 0.4) is 0 Å². The molecular weight excluding hydrogens is 230 g/mol. The molecule has 1 aromatic heterocycles. The summed E-state index contributed by atoms with van der Waals surface area (Å²) in [6.07, 6.45) is 4.65. The minimum absolute atomic E-state index is 0.604. The Morgan fingerprint density at radius 2 is 2.41 bits per heavy atom. The Balaban J connectivity index is 1.91. The second kappa shape index (κ2) is 5.94. The standard InChI is InChI=1S/C13H23N3S/c1-10(2)12-7-15-13(17-12)9-16-6-4-5-11(8-16)14-3/h7,10-11,14H,4-6,8-9H2,1-3H3. The topological polar surface area (TPSA) is 28.2 Å². The number of piperidine rings is 1. The Morgan fingerprint density at radius 1 is 1.59 bits per heavy atom. The molecule has 0 aliphatic carbocycles. The molecule has 1 aromatic rings. The molecule has 1 saturated heterocycles. The Bertz CT molecular complexity index is 348. The number of nitrogens with zero attached hydrogens (tertiary/aromatic N) is 2. The summed E-state index contributed by atoms with van der Waals surface area (Å²) < 4.78 is 0. The number of aromatic nitrogens is 1. The van der Waals surface area contributed by atoms with E-state index in [0.29, 0.717) is 12.0 Å². The summed E-state index contributed by atoms with van der Waals surface area (Å²) in [6, 6.07) is 0.660. The van der Waals surface area contributed by atoms with Gasteiger partial charge in [0.2, 0.25) is 0 Å². The normalized spacial score (nSPS) is 22.2. The van der Waals surface area contributed by atoms with Gasteiger partial charge in [0.05, 0.1) is 6.54 Å². The van der Waals surface area contributed by atoms with Crippen LogP contribution in [0.2, 0.25) is 0 Å². The monoisotopic (exact) mass is 253 g/mol. The van der Waals surface area contributed by atoms with Crippen molar-refractivity contribution in [2.75, 3.05) is 20.1 Å². The van der Waals surface area contributed by atoms with Gasteiger partial charge in [-0.1, -0.05) is 13.8 Å². The van der Waals surface area contributed by atoms with E-state index in [1.54, 1.807) is 0 Å². The predicted molar refractivity (Wildman–Crippen MR) is 73.6 cm³/mol. The number of hydrogen-bond donors (Lipinski definition) is 1. The molecule has 0 saturated carbocycles. The lowest BCUT2D eigenvalue weighted by molar-refractivity contribution is 0.188. The zero-order valence-electron chi connectivity index (χ0n) is 11.1. The third-order valence-electron chi connectivity index (χ3n) is 3.41. The second-order valence-corrected chi connectivity index (χ2v) is 6.32. The average molecular weight is 253 g/mol. The highest BCUT2D eigenvalue weighted by Crippen LogP contribution is 2.23. The zero-order valence-corrected chi connectivity index (χ0v) is 11.9. The minimum Gasteiger partial charge on any atom is -0.316 e. The van der Waals surface area contributed by atoms with Crippen LogP contribution >= 0.6 is 11.3 Å². The minimum atomic E-state index is 0.604. The molecule has 0 amide bonds. The molecule has 17 heavy (non-hydrogen) atoms. The Morgan fingerprint density at radius 3 is 3.06 bits per heavy atom. The lowest BCUT2D eigenvalue weighted by atomic mass is 10.1. The molecule has 2 heterocycles. The van der Waals surface area contributed by atoms with Gasteiger partial charge < -0.3 is 5.32 Å². The highest BCUT2D eigenvalue weighted by atomic mass is 32.1. The molecule has 1 atom stereocenters. The molecule has 0 bridgehead atoms. The van der Waals surface area contributed by atoms with E-state index in [-0.39, 0.29) is 0 Å². The Labute approximate surface area is 108 Å². The second-order valence-electron chi connectivity index (χ2n) is 5.17. The van der Waals surface area contributed by atoms with Crippen LogP contribution in [0, 0.1) is 0 Å². The van der Waals surface area contributed by atoms with Gasteiger partial charge in [-0.25, -0.2) is 4.98 Å². The molecule has 0 spiro atoms. The van der Waals surface area contributed by atoms with E-state index in [0.717, 1.165) is 13.1 Å². The van der Waals surface area contributed by atoms with Crippen LogP contribution in [0.4, 0.5) is 0 Å². The number of nitrogens with one attached hydrogen (secondary N) is 1. The van der Waals surface area contributed by atoms with Crippen molar-refractivity contribution in [3.05, 3.63) is 16.1 Å². The number of likely N-dealkylation sites (tertiary alicyclic amines) is 1. The molecular formula is C13H23N3S. The van der Waals surface area contributed by atoms with E-state index in [4.69, 9.17) is 0 Å². The van der Waals surface area contributed by atoms with Crippen LogP contribution in [0.15, 0.2) is 6.20 Å². The third kappa shape index (κ3) is 3.50. The van der Waals surface area contributed by atoms with Crippen LogP contribution in [-0.2, 0) is 6.54 Å². The van der Waals surface area contributed by atoms with Gasteiger partial charge in [-0.2, -0.15) is 0 Å². The summed E-state index contributed by atoms with van der Waals surface area (Å²) in [4.78, 5) is 8.47. The molecule has 2 rings (SSSR count). The zero-order chi connectivity index (χ0) is 12.3. The molecule has 0 aromatic carbocycles. The van der Waals surface area contributed by atoms with E-state index >= 15 is 0 Å². The molecule has 1 N–H and O–H groups in total. The van der Waals surface area contributed by atoms with Crippen molar-refractivity contribution < 1.29 is 0 Å². The fourth-order valence-electron chi connectivity index (χ4n) is 2.29. The van der Waals surface area contributed by atoms with Crippen LogP contribution in [0.5, 0.6) is 0 Å². The smallest absolute Gasteiger partial charge is 0.107 e. The lowest BCUT2D eigenvalue weighted by Gasteiger charge is -2.31. The molecule has 1 fully saturated rings. The van der Waals surface area contributed by atoms with Gasteiger partial charge >= 0.3 is 0 Å². The largest absolute Gasteiger partial charge is 0.316 e. The van der Waals surface area contributed by atoms with Crippen molar-refractivity contribution >= 4 is 11.3 Å². The van der Waals surface area contributed by atoms with Crippen molar-refractivity contribution in [1.29, 1.82) is 0 Å². The van der Waals surface area contributed by atoms with Gasteiger partial charge in [-0.3, -0.25) is 4.90 Å². The van der Waals surface area contributed by atoms with Gasteiger partial charge in [-0.15, -0.1) is 11.3 Å². The highest BCUT2D eigenvalue weighted by Gasteiger charge is 2.19. The molecule has 0 radical (unpaired) electrons. The van der Waals surface area contributed by atoms with Crippen LogP contribution in [0.1, 0.15) is 42.5 Å². The maximum Gasteiger partial charge on any atom is 0.107 e. The molecule has 4 heteroatoms. The van der Waals surface area contributed by atoms with E-state index in [9.17, 15) is 0 Å². The summed E-state index contributed by atoms with van der Waals surface area (Å²) >= 11 is 1.87. The van der Waals surface area contributed by atoms with Gasteiger partial charge in [0.15, 0.2) is 0 Å². The maximum atomic E-state index is 4.54. The fourth-order valence-corrected chi connectivity index (χ4v) is 3.26.